The number of hydrogen-bond donors (Lipinski definition) is 4. The average molecular weight is 807 g/mol. The van der Waals surface area contributed by atoms with Gasteiger partial charge in [0.25, 0.3) is 0 Å². The second-order valence-electron chi connectivity index (χ2n) is 20.8. The smallest absolute Gasteiger partial charge is 0.339 e. The van der Waals surface area contributed by atoms with E-state index in [1.54, 1.807) is 6.26 Å². The van der Waals surface area contributed by atoms with E-state index in [0.29, 0.717) is 60.8 Å². The van der Waals surface area contributed by atoms with E-state index in [9.17, 15) is 24.9 Å². The molecule has 13 nitrogen and oxygen atoms in total. The number of esters is 2. The third-order valence-corrected chi connectivity index (χ3v) is 17.8. The van der Waals surface area contributed by atoms with Crippen LogP contribution in [-0.2, 0) is 39.8 Å². The number of carbonyl (C=O) groups excluding carboxylic acids is 3. The molecule has 0 aromatic carbocycles. The van der Waals surface area contributed by atoms with Gasteiger partial charge in [0.15, 0.2) is 11.9 Å². The number of nitrogens with one attached hydrogen (secondary N) is 1. The van der Waals surface area contributed by atoms with Crippen molar-refractivity contribution in [3.8, 4) is 0 Å². The molecule has 10 rings (SSSR count). The van der Waals surface area contributed by atoms with Crippen molar-refractivity contribution in [3.63, 3.8) is 0 Å². The molecular formula is C45H62N2O11. The molecule has 6 aliphatic heterocycles. The highest BCUT2D eigenvalue weighted by molar-refractivity contribution is 5.92. The Balaban J connectivity index is 0.987. The van der Waals surface area contributed by atoms with Crippen molar-refractivity contribution in [1.82, 2.24) is 10.2 Å². The Kier molecular flexibility index (Phi) is 9.05. The van der Waals surface area contributed by atoms with Crippen molar-refractivity contribution >= 4 is 17.7 Å². The molecule has 2 spiro atoms. The number of aliphatic hydroxyl groups excluding tert-OH is 3. The van der Waals surface area contributed by atoms with Gasteiger partial charge in [0.05, 0.1) is 49.7 Å². The first-order chi connectivity index (χ1) is 27.6. The lowest BCUT2D eigenvalue weighted by Gasteiger charge is -2.66. The Morgan fingerprint density at radius 1 is 1.07 bits per heavy atom. The molecule has 1 aromatic heterocycles. The molecule has 13 heteroatoms. The monoisotopic (exact) mass is 806 g/mol. The number of ketones is 1. The highest BCUT2D eigenvalue weighted by Gasteiger charge is 2.91. The molecule has 0 bridgehead atoms. The van der Waals surface area contributed by atoms with Crippen molar-refractivity contribution in [2.45, 2.75) is 140 Å². The van der Waals surface area contributed by atoms with Crippen molar-refractivity contribution in [2.24, 2.45) is 57.7 Å². The first-order valence-corrected chi connectivity index (χ1v) is 22.1. The van der Waals surface area contributed by atoms with E-state index in [1.807, 2.05) is 19.9 Å². The van der Waals surface area contributed by atoms with Crippen LogP contribution in [0.4, 0.5) is 0 Å². The van der Waals surface area contributed by atoms with E-state index < -0.39 is 69.9 Å². The van der Waals surface area contributed by atoms with Crippen LogP contribution in [0.2, 0.25) is 0 Å². The molecular weight excluding hydrogens is 744 g/mol. The maximum atomic E-state index is 15.0. The minimum atomic E-state index is -1.47. The Morgan fingerprint density at radius 2 is 1.88 bits per heavy atom. The Bertz CT molecular complexity index is 1880. The number of hydrogen-bond acceptors (Lipinski definition) is 13. The number of nitrogens with zero attached hydrogens (tertiary/aromatic N) is 1. The molecule has 17 atom stereocenters. The van der Waals surface area contributed by atoms with Gasteiger partial charge in [-0.05, 0) is 99.6 Å². The van der Waals surface area contributed by atoms with E-state index in [0.717, 1.165) is 38.9 Å². The van der Waals surface area contributed by atoms with E-state index in [-0.39, 0.29) is 49.1 Å². The maximum absolute atomic E-state index is 15.0. The van der Waals surface area contributed by atoms with Crippen LogP contribution in [0.25, 0.3) is 0 Å². The fraction of sp³-hybridized carbons (Fsp3) is 0.800. The number of epoxide rings is 1. The van der Waals surface area contributed by atoms with Gasteiger partial charge >= 0.3 is 11.9 Å². The first-order valence-electron chi connectivity index (χ1n) is 22.1. The Morgan fingerprint density at radius 3 is 2.66 bits per heavy atom. The third-order valence-electron chi connectivity index (χ3n) is 17.8. The first kappa shape index (κ1) is 39.3. The zero-order valence-corrected chi connectivity index (χ0v) is 34.6. The number of ether oxygens (including phenoxy) is 4. The number of carbonyl (C=O) groups is 3. The summed E-state index contributed by atoms with van der Waals surface area (Å²) in [6.07, 6.45) is 7.07. The van der Waals surface area contributed by atoms with Gasteiger partial charge in [0.2, 0.25) is 0 Å². The van der Waals surface area contributed by atoms with Gasteiger partial charge in [0, 0.05) is 40.8 Å². The molecule has 7 heterocycles. The van der Waals surface area contributed by atoms with Crippen LogP contribution in [-0.4, -0.2) is 106 Å². The van der Waals surface area contributed by atoms with Gasteiger partial charge < -0.3 is 43.6 Å². The summed E-state index contributed by atoms with van der Waals surface area (Å²) in [6, 6.07) is 2.32. The molecule has 8 fully saturated rings. The molecule has 4 N–H and O–H groups in total. The van der Waals surface area contributed by atoms with E-state index in [2.05, 4.69) is 43.3 Å². The number of furan rings is 1. The molecule has 1 aromatic rings. The van der Waals surface area contributed by atoms with Crippen LogP contribution in [0.5, 0.6) is 0 Å². The fourth-order valence-electron chi connectivity index (χ4n) is 15.1. The summed E-state index contributed by atoms with van der Waals surface area (Å²) < 4.78 is 32.1. The number of Topliss-reactive ketones (excluding diaryl/α,β-unsaturated/α-hetero) is 1. The van der Waals surface area contributed by atoms with E-state index in [1.165, 1.54) is 0 Å². The summed E-state index contributed by atoms with van der Waals surface area (Å²) in [5.41, 5.74) is -4.53. The molecule has 318 valence electrons. The number of fused-ring (bicyclic) bond motifs is 4. The highest BCUT2D eigenvalue weighted by atomic mass is 16.7. The van der Waals surface area contributed by atoms with Gasteiger partial charge in [-0.25, -0.2) is 4.79 Å². The van der Waals surface area contributed by atoms with E-state index >= 15 is 4.79 Å². The van der Waals surface area contributed by atoms with Crippen LogP contribution < -0.4 is 5.32 Å². The fourth-order valence-corrected chi connectivity index (χ4v) is 15.1. The Hall–Kier alpha value is -2.81. The van der Waals surface area contributed by atoms with Crippen molar-refractivity contribution < 1.29 is 53.1 Å². The molecule has 9 aliphatic rings. The SMILES string of the molecule is CC(C)CC[C@]1(C)O[C@H]2CC(=O)OC[C@]23[C@H]2CC[C@@]4(C)[C@H](c5ccoc5C[C@@H]([C@H]5CC[C@H]6[C@H](C=CN7CNC[C@H]67)C5)[C@H](O)CO)OC(=O)[C@H]5O[C@]54[C@]2(C)[C@H](O)C(=O)[C@@H]31. The molecule has 3 saturated carbocycles. The van der Waals surface area contributed by atoms with Gasteiger partial charge in [0.1, 0.15) is 30.2 Å². The number of cyclic esters (lactones) is 2. The molecule has 0 radical (unpaired) electrons. The minimum absolute atomic E-state index is 0.0112. The summed E-state index contributed by atoms with van der Waals surface area (Å²) in [5.74, 6) is -0.581. The van der Waals surface area contributed by atoms with Gasteiger partial charge in [-0.1, -0.05) is 33.8 Å². The van der Waals surface area contributed by atoms with E-state index in [4.69, 9.17) is 23.4 Å². The predicted molar refractivity (Wildman–Crippen MR) is 206 cm³/mol. The minimum Gasteiger partial charge on any atom is -0.469 e. The number of rotatable bonds is 9. The van der Waals surface area contributed by atoms with Crippen molar-refractivity contribution in [2.75, 3.05) is 26.4 Å². The number of allylic oxidation sites excluding steroid dienone is 1. The van der Waals surface area contributed by atoms with Gasteiger partial charge in [-0.3, -0.25) is 14.9 Å². The lowest BCUT2D eigenvalue weighted by Crippen LogP contribution is -2.76. The molecule has 58 heavy (non-hydrogen) atoms. The lowest BCUT2D eigenvalue weighted by atomic mass is 9.36. The maximum Gasteiger partial charge on any atom is 0.339 e. The van der Waals surface area contributed by atoms with Crippen LogP contribution in [0.15, 0.2) is 29.0 Å². The molecule has 5 saturated heterocycles. The quantitative estimate of drug-likeness (QED) is 0.209. The van der Waals surface area contributed by atoms with Crippen LogP contribution in [0.3, 0.4) is 0 Å². The third kappa shape index (κ3) is 5.06. The van der Waals surface area contributed by atoms with Crippen LogP contribution >= 0.6 is 0 Å². The molecule has 0 unspecified atom stereocenters. The van der Waals surface area contributed by atoms with Crippen LogP contribution in [0, 0.1) is 57.7 Å². The molecule has 0 amide bonds. The molecule has 3 aliphatic carbocycles. The highest BCUT2D eigenvalue weighted by Crippen LogP contribution is 2.80. The summed E-state index contributed by atoms with van der Waals surface area (Å²) in [4.78, 5) is 44.5. The topological polar surface area (TPSA) is 181 Å². The summed E-state index contributed by atoms with van der Waals surface area (Å²) >= 11 is 0. The zero-order chi connectivity index (χ0) is 40.7. The van der Waals surface area contributed by atoms with Gasteiger partial charge in [-0.15, -0.1) is 0 Å². The largest absolute Gasteiger partial charge is 0.469 e. The van der Waals surface area contributed by atoms with Crippen molar-refractivity contribution in [3.05, 3.63) is 35.9 Å². The summed E-state index contributed by atoms with van der Waals surface area (Å²) in [7, 11) is 0. The van der Waals surface area contributed by atoms with Crippen molar-refractivity contribution in [1.29, 1.82) is 0 Å². The zero-order valence-electron chi connectivity index (χ0n) is 34.6. The summed E-state index contributed by atoms with van der Waals surface area (Å²) in [6.45, 7) is 11.7. The lowest BCUT2D eigenvalue weighted by molar-refractivity contribution is -0.252. The second kappa shape index (κ2) is 13.3. The average Bonchev–Trinajstić information content (AvgIpc) is 3.44. The van der Waals surface area contributed by atoms with Crippen LogP contribution in [0.1, 0.15) is 103 Å². The van der Waals surface area contributed by atoms with Gasteiger partial charge in [-0.2, -0.15) is 0 Å². The second-order valence-corrected chi connectivity index (χ2v) is 20.8. The predicted octanol–water partition coefficient (Wildman–Crippen LogP) is 3.83. The number of aliphatic hydroxyl groups is 3. The standard InChI is InChI=1S/C45H62N2O11/c1-23(2)8-13-42(4)36-35(51)37(52)43(5)32(44(36)21-55-34(50)18-33(44)57-42)9-12-41(3)38(56-40(53)39-45(41,43)58-39)27-11-15-54-31(27)17-28(30(49)20-48)24-6-7-26-25(16-24)10-14-47-22-46-19-29(26)47/h10-11,14-15,23-26,28-30,32-33,36-39,46,48-49,52H,6-9,12-13,16-22H2,1-5H3/t24-,25+,26-,28-,29+,30+,32-,33-,36+,37+,38-,39+,41-,42-,43-,44-,45+/m0/s1. The Labute approximate surface area is 340 Å². The normalized spacial score (nSPS) is 48.4. The summed E-state index contributed by atoms with van der Waals surface area (Å²) in [5, 5.41) is 37.9.